The summed E-state index contributed by atoms with van der Waals surface area (Å²) in [6.07, 6.45) is 5.07. The van der Waals surface area contributed by atoms with Crippen LogP contribution in [0.25, 0.3) is 11.1 Å². The van der Waals surface area contributed by atoms with Crippen LogP contribution in [0.15, 0.2) is 48.9 Å². The van der Waals surface area contributed by atoms with Crippen molar-refractivity contribution in [1.82, 2.24) is 20.3 Å². The number of nitrogens with zero attached hydrogens (tertiary/aromatic N) is 2. The molecule has 0 radical (unpaired) electrons. The zero-order valence-electron chi connectivity index (χ0n) is 12.9. The van der Waals surface area contributed by atoms with Crippen molar-refractivity contribution in [3.05, 3.63) is 71.0 Å². The molecular formula is C17H16ClIN4O. The smallest absolute Gasteiger partial charge is 0.267 e. The lowest BCUT2D eigenvalue weighted by molar-refractivity contribution is 0.0946. The molecule has 0 fully saturated rings. The van der Waals surface area contributed by atoms with Gasteiger partial charge in [0.2, 0.25) is 0 Å². The molecule has 0 aliphatic heterocycles. The Morgan fingerprint density at radius 1 is 1.29 bits per heavy atom. The normalized spacial score (nSPS) is 10.1. The SMILES string of the molecule is Cc1[nH]c(C(=O)NCc2cccnc2)cc1-c1ccnc(Cl)c1.I. The molecule has 0 bridgehead atoms. The highest BCUT2D eigenvalue weighted by Crippen LogP contribution is 2.25. The second kappa shape index (κ2) is 8.25. The first-order valence-corrected chi connectivity index (χ1v) is 7.50. The van der Waals surface area contributed by atoms with E-state index >= 15 is 0 Å². The van der Waals surface area contributed by atoms with Gasteiger partial charge in [-0.2, -0.15) is 0 Å². The zero-order valence-corrected chi connectivity index (χ0v) is 16.0. The fourth-order valence-corrected chi connectivity index (χ4v) is 2.50. The second-order valence-electron chi connectivity index (χ2n) is 5.13. The predicted molar refractivity (Wildman–Crippen MR) is 105 cm³/mol. The summed E-state index contributed by atoms with van der Waals surface area (Å²) in [6.45, 7) is 2.35. The van der Waals surface area contributed by atoms with E-state index in [1.54, 1.807) is 24.7 Å². The highest BCUT2D eigenvalue weighted by atomic mass is 127. The quantitative estimate of drug-likeness (QED) is 0.463. The third-order valence-corrected chi connectivity index (χ3v) is 3.68. The molecular weight excluding hydrogens is 439 g/mol. The third-order valence-electron chi connectivity index (χ3n) is 3.47. The van der Waals surface area contributed by atoms with Crippen molar-refractivity contribution < 1.29 is 4.79 Å². The van der Waals surface area contributed by atoms with Gasteiger partial charge in [-0.1, -0.05) is 17.7 Å². The minimum Gasteiger partial charge on any atom is -0.354 e. The van der Waals surface area contributed by atoms with E-state index in [0.717, 1.165) is 22.4 Å². The van der Waals surface area contributed by atoms with Crippen LogP contribution in [0.3, 0.4) is 0 Å². The second-order valence-corrected chi connectivity index (χ2v) is 5.52. The van der Waals surface area contributed by atoms with E-state index < -0.39 is 0 Å². The van der Waals surface area contributed by atoms with Crippen LogP contribution in [0.2, 0.25) is 5.15 Å². The van der Waals surface area contributed by atoms with Crippen LogP contribution >= 0.6 is 35.6 Å². The Balaban J connectivity index is 0.00000208. The van der Waals surface area contributed by atoms with Gasteiger partial charge in [0.15, 0.2) is 0 Å². The minimum atomic E-state index is -0.164. The molecule has 2 N–H and O–H groups in total. The Morgan fingerprint density at radius 2 is 2.12 bits per heavy atom. The van der Waals surface area contributed by atoms with Crippen molar-refractivity contribution in [1.29, 1.82) is 0 Å². The largest absolute Gasteiger partial charge is 0.354 e. The summed E-state index contributed by atoms with van der Waals surface area (Å²) in [6, 6.07) is 9.21. The van der Waals surface area contributed by atoms with E-state index in [1.807, 2.05) is 31.2 Å². The van der Waals surface area contributed by atoms with Gasteiger partial charge in [-0.25, -0.2) is 4.98 Å². The van der Waals surface area contributed by atoms with Gasteiger partial charge in [0.05, 0.1) is 0 Å². The molecule has 3 heterocycles. The van der Waals surface area contributed by atoms with Crippen molar-refractivity contribution in [2.45, 2.75) is 13.5 Å². The molecule has 0 spiro atoms. The predicted octanol–water partition coefficient (Wildman–Crippen LogP) is 3.98. The summed E-state index contributed by atoms with van der Waals surface area (Å²) in [5.41, 5.74) is 4.21. The van der Waals surface area contributed by atoms with E-state index in [9.17, 15) is 4.79 Å². The minimum absolute atomic E-state index is 0. The number of amides is 1. The summed E-state index contributed by atoms with van der Waals surface area (Å²) in [4.78, 5) is 23.4. The van der Waals surface area contributed by atoms with Gasteiger partial charge >= 0.3 is 0 Å². The van der Waals surface area contributed by atoms with Crippen molar-refractivity contribution in [2.24, 2.45) is 0 Å². The number of aromatic nitrogens is 3. The number of hydrogen-bond donors (Lipinski definition) is 2. The maximum absolute atomic E-state index is 12.3. The van der Waals surface area contributed by atoms with Crippen molar-refractivity contribution in [2.75, 3.05) is 0 Å². The van der Waals surface area contributed by atoms with E-state index in [1.165, 1.54) is 0 Å². The average Bonchev–Trinajstić information content (AvgIpc) is 2.95. The number of carbonyl (C=O) groups is 1. The van der Waals surface area contributed by atoms with Crippen molar-refractivity contribution >= 4 is 41.5 Å². The number of hydrogen-bond acceptors (Lipinski definition) is 3. The fourth-order valence-electron chi connectivity index (χ4n) is 2.33. The van der Waals surface area contributed by atoms with Crippen molar-refractivity contribution in [3.8, 4) is 11.1 Å². The van der Waals surface area contributed by atoms with Gasteiger partial charge in [0.25, 0.3) is 5.91 Å². The Kier molecular flexibility index (Phi) is 6.33. The van der Waals surface area contributed by atoms with Crippen LogP contribution in [-0.2, 0) is 6.54 Å². The molecule has 3 aromatic rings. The van der Waals surface area contributed by atoms with Gasteiger partial charge in [-0.05, 0) is 42.3 Å². The van der Waals surface area contributed by atoms with Crippen molar-refractivity contribution in [3.63, 3.8) is 0 Å². The van der Waals surface area contributed by atoms with Crippen LogP contribution in [0.4, 0.5) is 0 Å². The highest BCUT2D eigenvalue weighted by Gasteiger charge is 2.13. The maximum atomic E-state index is 12.3. The standard InChI is InChI=1S/C17H15ClN4O.HI/c1-11-14(13-4-6-20-16(18)7-13)8-15(22-11)17(23)21-10-12-3-2-5-19-9-12;/h2-9,22H,10H2,1H3,(H,21,23);1H. The first-order valence-electron chi connectivity index (χ1n) is 7.12. The van der Waals surface area contributed by atoms with Gasteiger partial charge in [-0.3, -0.25) is 9.78 Å². The summed E-state index contributed by atoms with van der Waals surface area (Å²) < 4.78 is 0. The molecule has 0 aliphatic rings. The van der Waals surface area contributed by atoms with Crippen LogP contribution in [0.5, 0.6) is 0 Å². The lowest BCUT2D eigenvalue weighted by Gasteiger charge is -2.03. The molecule has 1 amide bonds. The van der Waals surface area contributed by atoms with Crippen LogP contribution < -0.4 is 5.32 Å². The van der Waals surface area contributed by atoms with E-state index in [4.69, 9.17) is 11.6 Å². The lowest BCUT2D eigenvalue weighted by atomic mass is 10.1. The third kappa shape index (κ3) is 4.33. The van der Waals surface area contributed by atoms with E-state index in [0.29, 0.717) is 17.4 Å². The molecule has 0 saturated heterocycles. The van der Waals surface area contributed by atoms with Crippen LogP contribution in [0.1, 0.15) is 21.7 Å². The van der Waals surface area contributed by atoms with Gasteiger partial charge in [0, 0.05) is 36.4 Å². The molecule has 3 rings (SSSR count). The Morgan fingerprint density at radius 3 is 2.83 bits per heavy atom. The molecule has 0 saturated carbocycles. The topological polar surface area (TPSA) is 70.7 Å². The number of aryl methyl sites for hydroxylation is 1. The van der Waals surface area contributed by atoms with Gasteiger partial charge in [-0.15, -0.1) is 24.0 Å². The maximum Gasteiger partial charge on any atom is 0.267 e. The fraction of sp³-hybridized carbons (Fsp3) is 0.118. The summed E-state index contributed by atoms with van der Waals surface area (Å²) in [5, 5.41) is 3.29. The molecule has 5 nitrogen and oxygen atoms in total. The number of nitrogens with one attached hydrogen (secondary N) is 2. The van der Waals surface area contributed by atoms with Gasteiger partial charge < -0.3 is 10.3 Å². The van der Waals surface area contributed by atoms with E-state index in [2.05, 4.69) is 20.3 Å². The first-order chi connectivity index (χ1) is 11.1. The monoisotopic (exact) mass is 454 g/mol. The highest BCUT2D eigenvalue weighted by molar-refractivity contribution is 14.0. The average molecular weight is 455 g/mol. The molecule has 7 heteroatoms. The Bertz CT molecular complexity index is 836. The molecule has 0 aromatic carbocycles. The molecule has 0 aliphatic carbocycles. The summed E-state index contributed by atoms with van der Waals surface area (Å²) >= 11 is 5.93. The Labute approximate surface area is 161 Å². The number of halogens is 2. The number of rotatable bonds is 4. The molecule has 124 valence electrons. The van der Waals surface area contributed by atoms with Crippen LogP contribution in [0, 0.1) is 6.92 Å². The number of H-pyrrole nitrogens is 1. The first kappa shape index (κ1) is 18.4. The molecule has 0 atom stereocenters. The lowest BCUT2D eigenvalue weighted by Crippen LogP contribution is -2.23. The molecule has 0 unspecified atom stereocenters. The number of aromatic amines is 1. The molecule has 24 heavy (non-hydrogen) atoms. The summed E-state index contributed by atoms with van der Waals surface area (Å²) in [5.74, 6) is -0.164. The Hall–Kier alpha value is -1.93. The zero-order chi connectivity index (χ0) is 16.2. The van der Waals surface area contributed by atoms with Crippen LogP contribution in [-0.4, -0.2) is 20.9 Å². The molecule has 3 aromatic heterocycles. The van der Waals surface area contributed by atoms with Gasteiger partial charge in [0.1, 0.15) is 10.8 Å². The number of pyridine rings is 2. The van der Waals surface area contributed by atoms with E-state index in [-0.39, 0.29) is 29.9 Å². The summed E-state index contributed by atoms with van der Waals surface area (Å²) in [7, 11) is 0. The number of carbonyl (C=O) groups excluding carboxylic acids is 1.